The van der Waals surface area contributed by atoms with E-state index in [1.807, 2.05) is 39.3 Å². The quantitative estimate of drug-likeness (QED) is 0.269. The minimum absolute atomic E-state index is 0.358. The number of thiazole rings is 1. The van der Waals surface area contributed by atoms with Crippen LogP contribution in [-0.2, 0) is 11.4 Å². The molecule has 1 heterocycles. The summed E-state index contributed by atoms with van der Waals surface area (Å²) < 4.78 is 16.7. The van der Waals surface area contributed by atoms with E-state index in [0.717, 1.165) is 41.8 Å². The monoisotopic (exact) mass is 374 g/mol. The lowest BCUT2D eigenvalue weighted by molar-refractivity contribution is 0.561. The van der Waals surface area contributed by atoms with Crippen LogP contribution in [0.15, 0.2) is 46.8 Å². The van der Waals surface area contributed by atoms with E-state index in [2.05, 4.69) is 40.2 Å². The van der Waals surface area contributed by atoms with Crippen molar-refractivity contribution >= 4 is 28.4 Å². The van der Waals surface area contributed by atoms with E-state index in [9.17, 15) is 4.55 Å². The third-order valence-electron chi connectivity index (χ3n) is 3.76. The molecule has 5 heteroatoms. The van der Waals surface area contributed by atoms with Gasteiger partial charge in [0.15, 0.2) is 0 Å². The van der Waals surface area contributed by atoms with E-state index >= 15 is 0 Å². The Bertz CT molecular complexity index is 727. The number of nitrogens with zero attached hydrogens (tertiary/aromatic N) is 2. The Labute approximate surface area is 158 Å². The summed E-state index contributed by atoms with van der Waals surface area (Å²) in [5, 5.41) is 0. The zero-order valence-electron chi connectivity index (χ0n) is 15.4. The maximum Gasteiger partial charge on any atom is 0.144 e. The van der Waals surface area contributed by atoms with Gasteiger partial charge in [0.1, 0.15) is 16.1 Å². The van der Waals surface area contributed by atoms with Crippen LogP contribution in [0.25, 0.3) is 10.4 Å². The first-order chi connectivity index (χ1) is 11.8. The van der Waals surface area contributed by atoms with E-state index in [4.69, 9.17) is 0 Å². The summed E-state index contributed by atoms with van der Waals surface area (Å²) in [6.07, 6.45) is 4.60. The van der Waals surface area contributed by atoms with Crippen molar-refractivity contribution in [3.05, 3.63) is 53.7 Å². The van der Waals surface area contributed by atoms with Crippen molar-refractivity contribution in [2.24, 2.45) is 4.40 Å². The van der Waals surface area contributed by atoms with Gasteiger partial charge in [0.2, 0.25) is 0 Å². The Morgan fingerprint density at radius 3 is 2.52 bits per heavy atom. The Hall–Kier alpha value is -1.43. The molecular weight excluding hydrogens is 348 g/mol. The number of aromatic nitrogens is 1. The van der Waals surface area contributed by atoms with Crippen LogP contribution < -0.4 is 0 Å². The summed E-state index contributed by atoms with van der Waals surface area (Å²) in [4.78, 5) is 5.50. The standard InChI is InChI=1S/C20H26N2OS2/c1-6-7-8-9-18(22-25(23)20(3,4)5)16-10-12-17(13-11-16)19-15(2)21-14-24-19/h6,10-14H,1,7-9H2,2-5H3. The first kappa shape index (κ1) is 19.9. The molecule has 0 aliphatic heterocycles. The summed E-state index contributed by atoms with van der Waals surface area (Å²) >= 11 is 0.389. The molecule has 1 unspecified atom stereocenters. The molecule has 0 amide bonds. The highest BCUT2D eigenvalue weighted by Gasteiger charge is 2.27. The number of unbranched alkanes of at least 4 members (excludes halogenated alkanes) is 1. The maximum atomic E-state index is 12.5. The van der Waals surface area contributed by atoms with Gasteiger partial charge < -0.3 is 4.55 Å². The molecule has 1 atom stereocenters. The summed E-state index contributed by atoms with van der Waals surface area (Å²) in [6, 6.07) is 8.33. The van der Waals surface area contributed by atoms with Gasteiger partial charge in [-0.25, -0.2) is 4.98 Å². The van der Waals surface area contributed by atoms with Crippen molar-refractivity contribution in [2.45, 2.75) is 51.7 Å². The topological polar surface area (TPSA) is 48.3 Å². The zero-order chi connectivity index (χ0) is 18.4. The molecule has 0 radical (unpaired) electrons. The fourth-order valence-corrected chi connectivity index (χ4v) is 3.77. The summed E-state index contributed by atoms with van der Waals surface area (Å²) in [5.41, 5.74) is 6.01. The van der Waals surface area contributed by atoms with Crippen molar-refractivity contribution < 1.29 is 4.55 Å². The third-order valence-corrected chi connectivity index (χ3v) is 6.18. The van der Waals surface area contributed by atoms with Gasteiger partial charge in [-0.3, -0.25) is 0 Å². The molecule has 0 aliphatic rings. The molecule has 0 N–H and O–H groups in total. The van der Waals surface area contributed by atoms with Gasteiger partial charge in [-0.2, -0.15) is 0 Å². The lowest BCUT2D eigenvalue weighted by Crippen LogP contribution is -2.27. The predicted octanol–water partition coefficient (Wildman–Crippen LogP) is 5.73. The highest BCUT2D eigenvalue weighted by atomic mass is 32.2. The lowest BCUT2D eigenvalue weighted by Gasteiger charge is -2.19. The highest BCUT2D eigenvalue weighted by molar-refractivity contribution is 7.91. The number of hydrogen-bond acceptors (Lipinski definition) is 4. The molecule has 0 spiro atoms. The average molecular weight is 375 g/mol. The van der Waals surface area contributed by atoms with Crippen molar-refractivity contribution in [1.29, 1.82) is 0 Å². The normalized spacial score (nSPS) is 13.7. The van der Waals surface area contributed by atoms with Crippen LogP contribution in [0.1, 0.15) is 51.3 Å². The van der Waals surface area contributed by atoms with E-state index in [-0.39, 0.29) is 4.75 Å². The second-order valence-electron chi connectivity index (χ2n) is 6.92. The molecule has 0 bridgehead atoms. The summed E-state index contributed by atoms with van der Waals surface area (Å²) in [7, 11) is 0. The van der Waals surface area contributed by atoms with E-state index in [0.29, 0.717) is 0 Å². The van der Waals surface area contributed by atoms with Gasteiger partial charge in [0.25, 0.3) is 0 Å². The van der Waals surface area contributed by atoms with Crippen molar-refractivity contribution in [2.75, 3.05) is 0 Å². The van der Waals surface area contributed by atoms with Crippen LogP contribution >= 0.6 is 11.3 Å². The zero-order valence-corrected chi connectivity index (χ0v) is 17.0. The van der Waals surface area contributed by atoms with Gasteiger partial charge in [0, 0.05) is 5.56 Å². The minimum atomic E-state index is -1.26. The predicted molar refractivity (Wildman–Crippen MR) is 111 cm³/mol. The molecule has 0 saturated heterocycles. The first-order valence-electron chi connectivity index (χ1n) is 8.44. The average Bonchev–Trinajstić information content (AvgIpc) is 2.99. The second-order valence-corrected chi connectivity index (χ2v) is 9.69. The van der Waals surface area contributed by atoms with Crippen LogP contribution in [0.3, 0.4) is 0 Å². The summed E-state index contributed by atoms with van der Waals surface area (Å²) in [6.45, 7) is 11.6. The van der Waals surface area contributed by atoms with Crippen molar-refractivity contribution in [1.82, 2.24) is 4.98 Å². The Morgan fingerprint density at radius 2 is 2.00 bits per heavy atom. The third kappa shape index (κ3) is 5.53. The van der Waals surface area contributed by atoms with E-state index in [1.54, 1.807) is 11.3 Å². The molecule has 3 nitrogen and oxygen atoms in total. The van der Waals surface area contributed by atoms with Crippen molar-refractivity contribution in [3.8, 4) is 10.4 Å². The number of allylic oxidation sites excluding steroid dienone is 1. The van der Waals surface area contributed by atoms with Crippen LogP contribution in [0.2, 0.25) is 0 Å². The SMILES string of the molecule is C=CCCCC(=N[S+]([O-])C(C)(C)C)c1ccc(-c2scnc2C)cc1. The number of rotatable bonds is 7. The molecule has 1 aromatic heterocycles. The fourth-order valence-electron chi connectivity index (χ4n) is 2.29. The van der Waals surface area contributed by atoms with Gasteiger partial charge >= 0.3 is 0 Å². The Balaban J connectivity index is 2.28. The van der Waals surface area contributed by atoms with Crippen LogP contribution in [0.4, 0.5) is 0 Å². The van der Waals surface area contributed by atoms with Gasteiger partial charge in [-0.15, -0.1) is 17.9 Å². The van der Waals surface area contributed by atoms with Gasteiger partial charge in [0.05, 0.1) is 21.8 Å². The number of benzene rings is 1. The molecule has 1 aromatic carbocycles. The molecular formula is C20H26N2OS2. The maximum absolute atomic E-state index is 12.5. The van der Waals surface area contributed by atoms with E-state index in [1.165, 1.54) is 4.88 Å². The van der Waals surface area contributed by atoms with E-state index < -0.39 is 11.4 Å². The Morgan fingerprint density at radius 1 is 1.32 bits per heavy atom. The first-order valence-corrected chi connectivity index (χ1v) is 10.4. The largest absolute Gasteiger partial charge is 0.591 e. The minimum Gasteiger partial charge on any atom is -0.591 e. The molecule has 0 aliphatic carbocycles. The molecule has 0 fully saturated rings. The van der Waals surface area contributed by atoms with Gasteiger partial charge in [-0.05, 0) is 52.5 Å². The number of aryl methyl sites for hydroxylation is 1. The molecule has 134 valence electrons. The fraction of sp³-hybridized carbons (Fsp3) is 0.400. The summed E-state index contributed by atoms with van der Waals surface area (Å²) in [5.74, 6) is 0. The van der Waals surface area contributed by atoms with Crippen molar-refractivity contribution in [3.63, 3.8) is 0 Å². The molecule has 25 heavy (non-hydrogen) atoms. The number of hydrogen-bond donors (Lipinski definition) is 0. The molecule has 2 rings (SSSR count). The molecule has 0 saturated carbocycles. The lowest BCUT2D eigenvalue weighted by atomic mass is 10.0. The van der Waals surface area contributed by atoms with Crippen LogP contribution in [0, 0.1) is 6.92 Å². The smallest absolute Gasteiger partial charge is 0.144 e. The molecule has 2 aromatic rings. The highest BCUT2D eigenvalue weighted by Crippen LogP contribution is 2.28. The van der Waals surface area contributed by atoms with Crippen LogP contribution in [0.5, 0.6) is 0 Å². The van der Waals surface area contributed by atoms with Gasteiger partial charge in [-0.1, -0.05) is 34.7 Å². The Kier molecular flexibility index (Phi) is 6.99. The second kappa shape index (κ2) is 8.79. The van der Waals surface area contributed by atoms with Crippen LogP contribution in [-0.4, -0.2) is 20.0 Å².